The molecule has 16 nitrogen and oxygen atoms in total. The molecule has 20 atom stereocenters. The first-order valence-corrected chi connectivity index (χ1v) is 20.8. The summed E-state index contributed by atoms with van der Waals surface area (Å²) in [6, 6.07) is -0.329. The van der Waals surface area contributed by atoms with E-state index in [9.17, 15) is 49.8 Å². The second kappa shape index (κ2) is 13.8. The Labute approximate surface area is 333 Å². The summed E-state index contributed by atoms with van der Waals surface area (Å²) in [6.45, 7) is 14.7. The number of aliphatic hydroxyl groups is 6. The van der Waals surface area contributed by atoms with Gasteiger partial charge in [-0.25, -0.2) is 4.79 Å². The van der Waals surface area contributed by atoms with E-state index in [4.69, 9.17) is 23.7 Å². The Hall–Kier alpha value is -2.44. The Morgan fingerprint density at radius 2 is 1.54 bits per heavy atom. The molecule has 7 rings (SSSR count). The summed E-state index contributed by atoms with van der Waals surface area (Å²) >= 11 is 0. The lowest BCUT2D eigenvalue weighted by atomic mass is 9.48. The average molecular weight is 810 g/mol. The summed E-state index contributed by atoms with van der Waals surface area (Å²) in [4.78, 5) is 55.6. The lowest BCUT2D eigenvalue weighted by molar-refractivity contribution is -0.301. The molecular weight excluding hydrogens is 746 g/mol. The third-order valence-corrected chi connectivity index (χ3v) is 16.1. The molecule has 3 saturated heterocycles. The molecule has 0 aromatic carbocycles. The van der Waals surface area contributed by atoms with E-state index in [2.05, 4.69) is 11.8 Å². The van der Waals surface area contributed by atoms with Crippen LogP contribution < -0.4 is 0 Å². The van der Waals surface area contributed by atoms with E-state index in [0.29, 0.717) is 31.8 Å². The molecule has 0 aromatic heterocycles. The Morgan fingerprint density at radius 1 is 0.930 bits per heavy atom. The van der Waals surface area contributed by atoms with Crippen LogP contribution in [0.4, 0.5) is 0 Å². The van der Waals surface area contributed by atoms with Crippen molar-refractivity contribution in [3.63, 3.8) is 0 Å². The molecule has 3 heterocycles. The van der Waals surface area contributed by atoms with Crippen LogP contribution in [0, 0.1) is 46.8 Å². The van der Waals surface area contributed by atoms with Crippen LogP contribution in [0.1, 0.15) is 101 Å². The molecule has 322 valence electrons. The van der Waals surface area contributed by atoms with Crippen molar-refractivity contribution in [1.29, 1.82) is 0 Å². The monoisotopic (exact) mass is 809 g/mol. The van der Waals surface area contributed by atoms with Gasteiger partial charge in [-0.1, -0.05) is 27.7 Å². The minimum atomic E-state index is -2.47. The van der Waals surface area contributed by atoms with Crippen molar-refractivity contribution in [2.75, 3.05) is 13.1 Å². The Kier molecular flexibility index (Phi) is 10.3. The maximum absolute atomic E-state index is 13.9. The zero-order valence-corrected chi connectivity index (χ0v) is 34.5. The van der Waals surface area contributed by atoms with Gasteiger partial charge in [0.25, 0.3) is 0 Å². The van der Waals surface area contributed by atoms with Crippen LogP contribution in [0.3, 0.4) is 0 Å². The SMILES string of the molecule is CCC(C)C(=O)O[C@H]1[C@H](O)C2C(CN3CC(C)CCC3C2(C)O)C2C[C@@]34O[C@]5(O)C(OC(=O)C(C)(O)C(C)O)CC[C@@]3(C)C5C(OC(C)=O)C(OC(C)=O)C4[C@@]21O. The third kappa shape index (κ3) is 5.81. The Morgan fingerprint density at radius 3 is 2.12 bits per heavy atom. The lowest BCUT2D eigenvalue weighted by Crippen LogP contribution is -2.78. The molecule has 14 unspecified atom stereocenters. The number of fused-ring (bicyclic) bond motifs is 5. The first kappa shape index (κ1) is 42.7. The van der Waals surface area contributed by atoms with E-state index in [0.717, 1.165) is 27.2 Å². The number of ether oxygens (including phenoxy) is 5. The molecule has 0 radical (unpaired) electrons. The second-order valence-corrected chi connectivity index (χ2v) is 19.4. The molecule has 7 aliphatic rings. The summed E-state index contributed by atoms with van der Waals surface area (Å²) < 4.78 is 31.1. The molecule has 0 aromatic rings. The van der Waals surface area contributed by atoms with Gasteiger partial charge in [0.1, 0.15) is 17.8 Å². The smallest absolute Gasteiger partial charge is 0.341 e. The highest BCUT2D eigenvalue weighted by Gasteiger charge is 2.90. The van der Waals surface area contributed by atoms with Crippen LogP contribution in [-0.2, 0) is 42.9 Å². The van der Waals surface area contributed by atoms with Crippen LogP contribution in [0.2, 0.25) is 0 Å². The minimum Gasteiger partial charge on any atom is -0.458 e. The highest BCUT2D eigenvalue weighted by molar-refractivity contribution is 5.79. The fourth-order valence-electron chi connectivity index (χ4n) is 13.1. The van der Waals surface area contributed by atoms with E-state index in [-0.39, 0.29) is 25.3 Å². The molecule has 7 fully saturated rings. The van der Waals surface area contributed by atoms with Gasteiger partial charge in [-0.05, 0) is 77.0 Å². The van der Waals surface area contributed by atoms with Crippen molar-refractivity contribution in [1.82, 2.24) is 4.90 Å². The minimum absolute atomic E-state index is 0.0170. The van der Waals surface area contributed by atoms with Crippen LogP contribution in [-0.4, -0.2) is 143 Å². The Bertz CT molecular complexity index is 1650. The molecule has 3 aliphatic heterocycles. The van der Waals surface area contributed by atoms with Crippen molar-refractivity contribution in [3.05, 3.63) is 0 Å². The predicted molar refractivity (Wildman–Crippen MR) is 196 cm³/mol. The number of hydrogen-bond acceptors (Lipinski definition) is 16. The molecule has 6 N–H and O–H groups in total. The Balaban J connectivity index is 1.45. The number of hydrogen-bond donors (Lipinski definition) is 6. The fraction of sp³-hybridized carbons (Fsp3) is 0.902. The number of esters is 4. The number of aliphatic hydroxyl groups excluding tert-OH is 2. The number of rotatable bonds is 8. The molecule has 57 heavy (non-hydrogen) atoms. The first-order chi connectivity index (χ1) is 26.3. The van der Waals surface area contributed by atoms with Crippen molar-refractivity contribution < 1.29 is 73.5 Å². The zero-order valence-electron chi connectivity index (χ0n) is 34.5. The highest BCUT2D eigenvalue weighted by atomic mass is 16.7. The van der Waals surface area contributed by atoms with Crippen molar-refractivity contribution in [3.8, 4) is 0 Å². The fourth-order valence-corrected chi connectivity index (χ4v) is 13.1. The van der Waals surface area contributed by atoms with Gasteiger partial charge in [-0.2, -0.15) is 0 Å². The number of nitrogens with zero attached hydrogens (tertiary/aromatic N) is 1. The van der Waals surface area contributed by atoms with E-state index < -0.39 is 130 Å². The predicted octanol–water partition coefficient (Wildman–Crippen LogP) is 0.578. The van der Waals surface area contributed by atoms with Crippen molar-refractivity contribution in [2.24, 2.45) is 46.8 Å². The largest absolute Gasteiger partial charge is 0.458 e. The zero-order chi connectivity index (χ0) is 42.2. The van der Waals surface area contributed by atoms with Crippen LogP contribution in [0.5, 0.6) is 0 Å². The van der Waals surface area contributed by atoms with E-state index in [1.807, 2.05) is 6.92 Å². The van der Waals surface area contributed by atoms with Gasteiger partial charge >= 0.3 is 23.9 Å². The summed E-state index contributed by atoms with van der Waals surface area (Å²) in [5.74, 6) is -11.5. The summed E-state index contributed by atoms with van der Waals surface area (Å²) in [7, 11) is 0. The van der Waals surface area contributed by atoms with Crippen LogP contribution in [0.15, 0.2) is 0 Å². The van der Waals surface area contributed by atoms with Crippen LogP contribution in [0.25, 0.3) is 0 Å². The lowest BCUT2D eigenvalue weighted by Gasteiger charge is -2.64. The molecule has 0 amide bonds. The average Bonchev–Trinajstić information content (AvgIpc) is 3.40. The number of carbonyl (C=O) groups excluding carboxylic acids is 4. The van der Waals surface area contributed by atoms with E-state index >= 15 is 0 Å². The topological polar surface area (TPSA) is 239 Å². The van der Waals surface area contributed by atoms with Gasteiger partial charge < -0.3 is 54.3 Å². The second-order valence-electron chi connectivity index (χ2n) is 19.4. The van der Waals surface area contributed by atoms with E-state index in [1.165, 1.54) is 6.92 Å². The van der Waals surface area contributed by atoms with Gasteiger partial charge in [0, 0.05) is 44.3 Å². The normalized spacial score (nSPS) is 50.4. The van der Waals surface area contributed by atoms with E-state index in [1.54, 1.807) is 20.8 Å². The standard InChI is InChI=1S/C41H63NO15/c1-10-19(3)34(47)56-33-28(46)27-23(17-42-16-18(2)11-12-25(42)38(27,9)50)24-15-39-32(40(24,33)51)30(54-22(6)45)29(53-21(5)44)31-36(39,7)14-13-26(41(31,52)57-39)55-35(48)37(8,49)20(4)43/h18-20,23-33,43,46,49-52H,10-17H2,1-9H3/t18?,19?,20?,23?,24?,25?,26?,27?,28-,29?,30?,31?,32?,33+,36+,37?,38?,39+,40+,41-/m1/s1. The highest BCUT2D eigenvalue weighted by Crippen LogP contribution is 2.78. The number of piperidine rings is 2. The summed E-state index contributed by atoms with van der Waals surface area (Å²) in [6.07, 6.45) is -7.41. The maximum Gasteiger partial charge on any atom is 0.341 e. The first-order valence-electron chi connectivity index (χ1n) is 20.8. The molecular formula is C41H63NO15. The third-order valence-electron chi connectivity index (χ3n) is 16.1. The summed E-state index contributed by atoms with van der Waals surface area (Å²) in [5, 5.41) is 73.2. The molecule has 1 spiro atoms. The van der Waals surface area contributed by atoms with Gasteiger partial charge in [0.05, 0.1) is 41.2 Å². The quantitative estimate of drug-likeness (QED) is 0.145. The maximum atomic E-state index is 13.9. The van der Waals surface area contributed by atoms with Gasteiger partial charge in [0.2, 0.25) is 5.79 Å². The van der Waals surface area contributed by atoms with Crippen molar-refractivity contribution in [2.45, 2.75) is 172 Å². The molecule has 4 saturated carbocycles. The van der Waals surface area contributed by atoms with Gasteiger partial charge in [0.15, 0.2) is 17.8 Å². The molecule has 4 aliphatic carbocycles. The van der Waals surface area contributed by atoms with Crippen LogP contribution >= 0.6 is 0 Å². The summed E-state index contributed by atoms with van der Waals surface area (Å²) in [5.41, 5.74) is -9.03. The number of carbonyl (C=O) groups is 4. The van der Waals surface area contributed by atoms with Gasteiger partial charge in [-0.15, -0.1) is 0 Å². The molecule has 4 bridgehead atoms. The van der Waals surface area contributed by atoms with Crippen molar-refractivity contribution >= 4 is 23.9 Å². The van der Waals surface area contributed by atoms with Gasteiger partial charge in [-0.3, -0.25) is 19.3 Å². The molecule has 16 heteroatoms.